The van der Waals surface area contributed by atoms with E-state index in [9.17, 15) is 9.59 Å². The molecule has 0 saturated carbocycles. The maximum absolute atomic E-state index is 12.5. The highest BCUT2D eigenvalue weighted by Crippen LogP contribution is 2.20. The van der Waals surface area contributed by atoms with Crippen LogP contribution < -0.4 is 5.32 Å². The smallest absolute Gasteiger partial charge is 0.244 e. The molecule has 7 heteroatoms. The Morgan fingerprint density at radius 2 is 2.00 bits per heavy atom. The van der Waals surface area contributed by atoms with Crippen molar-refractivity contribution in [3.8, 4) is 0 Å². The number of carbonyl (C=O) groups excluding carboxylic acids is 2. The van der Waals surface area contributed by atoms with E-state index in [2.05, 4.69) is 10.7 Å². The van der Waals surface area contributed by atoms with E-state index in [-0.39, 0.29) is 24.9 Å². The van der Waals surface area contributed by atoms with Crippen molar-refractivity contribution in [3.63, 3.8) is 0 Å². The molecule has 26 heavy (non-hydrogen) atoms. The van der Waals surface area contributed by atoms with Crippen LogP contribution >= 0.6 is 22.9 Å². The zero-order valence-corrected chi connectivity index (χ0v) is 16.9. The quantitative estimate of drug-likeness (QED) is 0.745. The first-order valence-corrected chi connectivity index (χ1v) is 9.74. The Kier molecular flexibility index (Phi) is 7.63. The fourth-order valence-corrected chi connectivity index (χ4v) is 3.38. The molecular weight excluding hydrogens is 370 g/mol. The second-order valence-electron chi connectivity index (χ2n) is 6.22. The van der Waals surface area contributed by atoms with Crippen molar-refractivity contribution in [1.29, 1.82) is 0 Å². The molecule has 1 aromatic carbocycles. The Morgan fingerprint density at radius 1 is 1.23 bits per heavy atom. The minimum absolute atomic E-state index is 0.0214. The van der Waals surface area contributed by atoms with Crippen molar-refractivity contribution >= 4 is 40.4 Å². The predicted molar refractivity (Wildman–Crippen MR) is 108 cm³/mol. The minimum Gasteiger partial charge on any atom is -0.333 e. The normalized spacial score (nSPS) is 10.8. The zero-order chi connectivity index (χ0) is 19.1. The summed E-state index contributed by atoms with van der Waals surface area (Å²) in [6.45, 7) is 5.25. The first-order chi connectivity index (χ1) is 12.4. The van der Waals surface area contributed by atoms with Crippen molar-refractivity contribution in [2.45, 2.75) is 20.4 Å². The van der Waals surface area contributed by atoms with Crippen LogP contribution in [0.4, 0.5) is 5.69 Å². The topological polar surface area (TPSA) is 52.7 Å². The molecule has 0 unspecified atom stereocenters. The van der Waals surface area contributed by atoms with Gasteiger partial charge in [0.2, 0.25) is 11.8 Å². The van der Waals surface area contributed by atoms with Gasteiger partial charge in [-0.05, 0) is 61.0 Å². The molecule has 0 fully saturated rings. The van der Waals surface area contributed by atoms with E-state index in [1.165, 1.54) is 5.56 Å². The number of carbonyl (C=O) groups is 2. The van der Waals surface area contributed by atoms with Crippen LogP contribution in [0.3, 0.4) is 0 Å². The lowest BCUT2D eigenvalue weighted by atomic mass is 10.2. The number of amides is 2. The number of benzene rings is 1. The van der Waals surface area contributed by atoms with Crippen molar-refractivity contribution < 1.29 is 9.59 Å². The monoisotopic (exact) mass is 393 g/mol. The molecule has 0 radical (unpaired) electrons. The molecule has 2 amide bonds. The maximum Gasteiger partial charge on any atom is 0.244 e. The Balaban J connectivity index is 1.89. The van der Waals surface area contributed by atoms with Crippen LogP contribution in [-0.2, 0) is 16.1 Å². The van der Waals surface area contributed by atoms with Crippen molar-refractivity contribution in [1.82, 2.24) is 9.80 Å². The highest BCUT2D eigenvalue weighted by Gasteiger charge is 2.18. The van der Waals surface area contributed by atoms with E-state index < -0.39 is 0 Å². The Morgan fingerprint density at radius 3 is 2.65 bits per heavy atom. The summed E-state index contributed by atoms with van der Waals surface area (Å²) in [6, 6.07) is 7.38. The molecule has 0 aliphatic carbocycles. The number of nitrogens with zero attached hydrogens (tertiary/aromatic N) is 2. The van der Waals surface area contributed by atoms with Gasteiger partial charge in [0.1, 0.15) is 0 Å². The number of likely N-dealkylation sites (N-methyl/N-ethyl adjacent to an activating group) is 2. The lowest BCUT2D eigenvalue weighted by Crippen LogP contribution is -2.42. The van der Waals surface area contributed by atoms with Crippen molar-refractivity contribution in [3.05, 3.63) is 51.2 Å². The molecular formula is C19H24ClN3O2S. The van der Waals surface area contributed by atoms with Gasteiger partial charge in [-0.1, -0.05) is 17.7 Å². The van der Waals surface area contributed by atoms with Gasteiger partial charge in [0.25, 0.3) is 0 Å². The van der Waals surface area contributed by atoms with Gasteiger partial charge in [-0.25, -0.2) is 0 Å². The molecule has 0 aliphatic heterocycles. The average Bonchev–Trinajstić information content (AvgIpc) is 3.08. The van der Waals surface area contributed by atoms with Crippen LogP contribution in [0.5, 0.6) is 0 Å². The third-order valence-corrected chi connectivity index (χ3v) is 4.95. The van der Waals surface area contributed by atoms with Crippen LogP contribution in [0.2, 0.25) is 5.02 Å². The molecule has 0 saturated heterocycles. The van der Waals surface area contributed by atoms with E-state index in [1.807, 2.05) is 43.3 Å². The third kappa shape index (κ3) is 6.12. The van der Waals surface area contributed by atoms with E-state index in [1.54, 1.807) is 28.4 Å². The summed E-state index contributed by atoms with van der Waals surface area (Å²) in [4.78, 5) is 28.3. The van der Waals surface area contributed by atoms with Gasteiger partial charge in [0.15, 0.2) is 0 Å². The zero-order valence-electron chi connectivity index (χ0n) is 15.3. The number of halogens is 1. The summed E-state index contributed by atoms with van der Waals surface area (Å²) in [6.07, 6.45) is 0. The van der Waals surface area contributed by atoms with Gasteiger partial charge in [0.05, 0.1) is 13.1 Å². The third-order valence-electron chi connectivity index (χ3n) is 3.98. The second-order valence-corrected chi connectivity index (χ2v) is 7.44. The van der Waals surface area contributed by atoms with Crippen LogP contribution in [0, 0.1) is 6.92 Å². The first-order valence-electron chi connectivity index (χ1n) is 8.42. The molecule has 2 aromatic rings. The number of thiophene rings is 1. The number of aryl methyl sites for hydroxylation is 1. The molecule has 0 spiro atoms. The number of hydrogen-bond donors (Lipinski definition) is 1. The van der Waals surface area contributed by atoms with E-state index >= 15 is 0 Å². The molecule has 140 valence electrons. The van der Waals surface area contributed by atoms with Gasteiger partial charge in [-0.2, -0.15) is 11.3 Å². The van der Waals surface area contributed by atoms with E-state index in [0.717, 1.165) is 5.56 Å². The molecule has 0 aliphatic rings. The molecule has 1 aromatic heterocycles. The SMILES string of the molecule is CCN(CC(=O)Nc1cc(Cl)ccc1C)C(=O)CN(C)Cc1ccsc1. The second kappa shape index (κ2) is 9.71. The summed E-state index contributed by atoms with van der Waals surface area (Å²) in [5.74, 6) is -0.297. The van der Waals surface area contributed by atoms with Crippen LogP contribution in [0.1, 0.15) is 18.1 Å². The summed E-state index contributed by atoms with van der Waals surface area (Å²) in [5.41, 5.74) is 2.77. The summed E-state index contributed by atoms with van der Waals surface area (Å²) in [5, 5.41) is 7.48. The van der Waals surface area contributed by atoms with E-state index in [4.69, 9.17) is 11.6 Å². The Labute approximate surface area is 163 Å². The Bertz CT molecular complexity index is 749. The molecule has 2 rings (SSSR count). The van der Waals surface area contributed by atoms with Crippen LogP contribution in [-0.4, -0.2) is 48.3 Å². The number of rotatable bonds is 8. The fraction of sp³-hybridized carbons (Fsp3) is 0.368. The highest BCUT2D eigenvalue weighted by atomic mass is 35.5. The number of hydrogen-bond acceptors (Lipinski definition) is 4. The van der Waals surface area contributed by atoms with Gasteiger partial charge in [-0.3, -0.25) is 14.5 Å². The molecule has 0 bridgehead atoms. The van der Waals surface area contributed by atoms with Crippen molar-refractivity contribution in [2.24, 2.45) is 0 Å². The minimum atomic E-state index is -0.231. The van der Waals surface area contributed by atoms with Gasteiger partial charge >= 0.3 is 0 Å². The molecule has 1 N–H and O–H groups in total. The van der Waals surface area contributed by atoms with Crippen molar-refractivity contribution in [2.75, 3.05) is 32.0 Å². The van der Waals surface area contributed by atoms with Gasteiger partial charge in [0, 0.05) is 23.8 Å². The van der Waals surface area contributed by atoms with Gasteiger partial charge < -0.3 is 10.2 Å². The van der Waals surface area contributed by atoms with Crippen LogP contribution in [0.25, 0.3) is 0 Å². The molecule has 1 heterocycles. The summed E-state index contributed by atoms with van der Waals surface area (Å²) < 4.78 is 0. The highest BCUT2D eigenvalue weighted by molar-refractivity contribution is 7.07. The Hall–Kier alpha value is -1.89. The lowest BCUT2D eigenvalue weighted by Gasteiger charge is -2.24. The number of nitrogens with one attached hydrogen (secondary N) is 1. The van der Waals surface area contributed by atoms with E-state index in [0.29, 0.717) is 23.8 Å². The summed E-state index contributed by atoms with van der Waals surface area (Å²) in [7, 11) is 1.90. The largest absolute Gasteiger partial charge is 0.333 e. The van der Waals surface area contributed by atoms with Gasteiger partial charge in [-0.15, -0.1) is 0 Å². The standard InChI is InChI=1S/C19H24ClN3O2S/c1-4-23(19(25)12-22(3)10-15-7-8-26-13-15)11-18(24)21-17-9-16(20)6-5-14(17)2/h5-9,13H,4,10-12H2,1-3H3,(H,21,24). The molecule has 0 atom stereocenters. The lowest BCUT2D eigenvalue weighted by molar-refractivity contribution is -0.135. The molecule has 5 nitrogen and oxygen atoms in total. The fourth-order valence-electron chi connectivity index (χ4n) is 2.55. The maximum atomic E-state index is 12.5. The van der Waals surface area contributed by atoms with Crippen LogP contribution in [0.15, 0.2) is 35.0 Å². The number of anilines is 1. The average molecular weight is 394 g/mol. The summed E-state index contributed by atoms with van der Waals surface area (Å²) >= 11 is 7.62. The predicted octanol–water partition coefficient (Wildman–Crippen LogP) is 3.63. The first kappa shape index (κ1) is 20.4.